The molecule has 5 nitrogen and oxygen atoms in total. The van der Waals surface area contributed by atoms with Crippen molar-refractivity contribution >= 4 is 16.7 Å². The lowest BCUT2D eigenvalue weighted by molar-refractivity contribution is 1.06. The van der Waals surface area contributed by atoms with Crippen LogP contribution in [-0.4, -0.2) is 19.5 Å². The van der Waals surface area contributed by atoms with Gasteiger partial charge in [-0.2, -0.15) is 0 Å². The predicted octanol–water partition coefficient (Wildman–Crippen LogP) is 1.71. The van der Waals surface area contributed by atoms with Gasteiger partial charge in [0, 0.05) is 17.3 Å². The Bertz CT molecular complexity index is 686. The number of hydrogen-bond donors (Lipinski definition) is 1. The average Bonchev–Trinajstić information content (AvgIpc) is 2.76. The minimum Gasteiger partial charge on any atom is -0.383 e. The van der Waals surface area contributed by atoms with E-state index in [9.17, 15) is 0 Å². The summed E-state index contributed by atoms with van der Waals surface area (Å²) in [5.41, 5.74) is 8.65. The topological polar surface area (TPSA) is 69.6 Å². The first-order chi connectivity index (χ1) is 8.24. The molecule has 5 heteroatoms. The second kappa shape index (κ2) is 3.55. The fraction of sp³-hybridized carbons (Fsp3) is 0.0833. The van der Waals surface area contributed by atoms with Gasteiger partial charge in [0.15, 0.2) is 0 Å². The minimum atomic E-state index is 0.494. The van der Waals surface area contributed by atoms with Crippen LogP contribution in [0.15, 0.2) is 37.1 Å². The second-order valence-corrected chi connectivity index (χ2v) is 3.88. The third-order valence-electron chi connectivity index (χ3n) is 2.66. The number of aryl methyl sites for hydroxylation is 1. The maximum absolute atomic E-state index is 5.83. The van der Waals surface area contributed by atoms with Crippen LogP contribution in [0.3, 0.4) is 0 Å². The minimum absolute atomic E-state index is 0.494. The van der Waals surface area contributed by atoms with Gasteiger partial charge in [0.1, 0.15) is 12.1 Å². The van der Waals surface area contributed by atoms with Crippen molar-refractivity contribution in [2.75, 3.05) is 5.73 Å². The number of anilines is 1. The molecule has 17 heavy (non-hydrogen) atoms. The van der Waals surface area contributed by atoms with Crippen LogP contribution in [0.1, 0.15) is 5.69 Å². The van der Waals surface area contributed by atoms with Crippen molar-refractivity contribution in [3.8, 4) is 5.69 Å². The number of nitrogen functional groups attached to an aromatic ring is 1. The highest BCUT2D eigenvalue weighted by Crippen LogP contribution is 2.20. The van der Waals surface area contributed by atoms with Gasteiger partial charge in [-0.3, -0.25) is 0 Å². The van der Waals surface area contributed by atoms with Gasteiger partial charge in [0.05, 0.1) is 17.5 Å². The molecule has 0 unspecified atom stereocenters. The summed E-state index contributed by atoms with van der Waals surface area (Å²) >= 11 is 0. The van der Waals surface area contributed by atoms with Crippen molar-refractivity contribution < 1.29 is 0 Å². The molecule has 0 saturated carbocycles. The zero-order valence-corrected chi connectivity index (χ0v) is 9.33. The number of benzene rings is 1. The van der Waals surface area contributed by atoms with E-state index in [0.717, 1.165) is 22.3 Å². The Hall–Kier alpha value is -2.43. The highest BCUT2D eigenvalue weighted by atomic mass is 15.0. The van der Waals surface area contributed by atoms with Crippen LogP contribution in [0.2, 0.25) is 0 Å². The molecule has 0 aliphatic heterocycles. The fourth-order valence-electron chi connectivity index (χ4n) is 1.79. The van der Waals surface area contributed by atoms with Gasteiger partial charge >= 0.3 is 0 Å². The van der Waals surface area contributed by atoms with Crippen LogP contribution in [0, 0.1) is 6.92 Å². The summed E-state index contributed by atoms with van der Waals surface area (Å²) in [6, 6.07) is 5.87. The first-order valence-corrected chi connectivity index (χ1v) is 5.25. The average molecular weight is 225 g/mol. The van der Waals surface area contributed by atoms with E-state index in [2.05, 4.69) is 15.0 Å². The zero-order chi connectivity index (χ0) is 11.8. The largest absolute Gasteiger partial charge is 0.383 e. The van der Waals surface area contributed by atoms with Gasteiger partial charge in [-0.05, 0) is 25.1 Å². The zero-order valence-electron chi connectivity index (χ0n) is 9.33. The third-order valence-corrected chi connectivity index (χ3v) is 2.66. The van der Waals surface area contributed by atoms with Crippen molar-refractivity contribution in [2.45, 2.75) is 6.92 Å². The normalized spacial score (nSPS) is 10.9. The molecule has 2 N–H and O–H groups in total. The van der Waals surface area contributed by atoms with E-state index >= 15 is 0 Å². The summed E-state index contributed by atoms with van der Waals surface area (Å²) in [4.78, 5) is 12.4. The fourth-order valence-corrected chi connectivity index (χ4v) is 1.79. The molecule has 0 aliphatic carbocycles. The Morgan fingerprint density at radius 1 is 1.18 bits per heavy atom. The Morgan fingerprint density at radius 2 is 2.06 bits per heavy atom. The number of rotatable bonds is 1. The van der Waals surface area contributed by atoms with Crippen molar-refractivity contribution in [1.82, 2.24) is 19.5 Å². The molecule has 2 aromatic heterocycles. The molecule has 0 radical (unpaired) electrons. The van der Waals surface area contributed by atoms with E-state index in [-0.39, 0.29) is 0 Å². The van der Waals surface area contributed by atoms with Gasteiger partial charge < -0.3 is 10.3 Å². The van der Waals surface area contributed by atoms with Crippen LogP contribution >= 0.6 is 0 Å². The third kappa shape index (κ3) is 1.61. The van der Waals surface area contributed by atoms with Crippen LogP contribution in [0.4, 0.5) is 5.82 Å². The van der Waals surface area contributed by atoms with Crippen LogP contribution < -0.4 is 5.73 Å². The van der Waals surface area contributed by atoms with Gasteiger partial charge in [-0.15, -0.1) is 0 Å². The molecule has 0 amide bonds. The Morgan fingerprint density at radius 3 is 2.82 bits per heavy atom. The number of aromatic nitrogens is 4. The number of imidazole rings is 1. The van der Waals surface area contributed by atoms with E-state index in [1.165, 1.54) is 6.33 Å². The van der Waals surface area contributed by atoms with E-state index in [0.29, 0.717) is 5.82 Å². The van der Waals surface area contributed by atoms with Crippen molar-refractivity contribution in [1.29, 1.82) is 0 Å². The SMILES string of the molecule is Cc1cn(-c2ccc3ncnc(N)c3c2)cn1. The number of nitrogens with zero attached hydrogens (tertiary/aromatic N) is 4. The molecule has 3 aromatic rings. The summed E-state index contributed by atoms with van der Waals surface area (Å²) in [5, 5.41) is 0.858. The van der Waals surface area contributed by atoms with Crippen LogP contribution in [-0.2, 0) is 0 Å². The summed E-state index contributed by atoms with van der Waals surface area (Å²) < 4.78 is 1.95. The lowest BCUT2D eigenvalue weighted by atomic mass is 10.2. The number of nitrogens with two attached hydrogens (primary N) is 1. The second-order valence-electron chi connectivity index (χ2n) is 3.88. The summed E-state index contributed by atoms with van der Waals surface area (Å²) in [5.74, 6) is 0.494. The molecule has 0 bridgehead atoms. The summed E-state index contributed by atoms with van der Waals surface area (Å²) in [7, 11) is 0. The molecule has 0 spiro atoms. The molecule has 0 aliphatic rings. The molecular weight excluding hydrogens is 214 g/mol. The van der Waals surface area contributed by atoms with E-state index in [1.807, 2.05) is 35.9 Å². The molecule has 0 atom stereocenters. The van der Waals surface area contributed by atoms with Gasteiger partial charge in [0.25, 0.3) is 0 Å². The lowest BCUT2D eigenvalue weighted by Crippen LogP contribution is -1.95. The Balaban J connectivity index is 2.22. The quantitative estimate of drug-likeness (QED) is 0.684. The maximum atomic E-state index is 5.83. The molecule has 3 rings (SSSR count). The van der Waals surface area contributed by atoms with E-state index in [1.54, 1.807) is 6.33 Å². The molecule has 2 heterocycles. The first kappa shape index (κ1) is 9.77. The molecular formula is C12H11N5. The van der Waals surface area contributed by atoms with E-state index < -0.39 is 0 Å². The van der Waals surface area contributed by atoms with Gasteiger partial charge in [-0.1, -0.05) is 0 Å². The Labute approximate surface area is 98.0 Å². The number of hydrogen-bond acceptors (Lipinski definition) is 4. The highest BCUT2D eigenvalue weighted by molar-refractivity contribution is 5.89. The van der Waals surface area contributed by atoms with Gasteiger partial charge in [0.2, 0.25) is 0 Å². The molecule has 84 valence electrons. The van der Waals surface area contributed by atoms with Gasteiger partial charge in [-0.25, -0.2) is 15.0 Å². The maximum Gasteiger partial charge on any atom is 0.134 e. The van der Waals surface area contributed by atoms with Crippen LogP contribution in [0.25, 0.3) is 16.6 Å². The van der Waals surface area contributed by atoms with Crippen molar-refractivity contribution in [3.05, 3.63) is 42.7 Å². The van der Waals surface area contributed by atoms with Crippen molar-refractivity contribution in [3.63, 3.8) is 0 Å². The predicted molar refractivity (Wildman–Crippen MR) is 65.8 cm³/mol. The first-order valence-electron chi connectivity index (χ1n) is 5.25. The molecule has 0 saturated heterocycles. The highest BCUT2D eigenvalue weighted by Gasteiger charge is 2.03. The van der Waals surface area contributed by atoms with Crippen LogP contribution in [0.5, 0.6) is 0 Å². The molecule has 0 fully saturated rings. The lowest BCUT2D eigenvalue weighted by Gasteiger charge is -2.04. The smallest absolute Gasteiger partial charge is 0.134 e. The monoisotopic (exact) mass is 225 g/mol. The molecule has 1 aromatic carbocycles. The standard InChI is InChI=1S/C12H11N5/c1-8-5-17(7-16-8)9-2-3-11-10(4-9)12(13)15-6-14-11/h2-7H,1H3,(H2,13,14,15). The number of fused-ring (bicyclic) bond motifs is 1. The summed E-state index contributed by atoms with van der Waals surface area (Å²) in [6.45, 7) is 1.95. The van der Waals surface area contributed by atoms with E-state index in [4.69, 9.17) is 5.73 Å². The Kier molecular flexibility index (Phi) is 2.04. The van der Waals surface area contributed by atoms with Crippen molar-refractivity contribution in [2.24, 2.45) is 0 Å². The summed E-state index contributed by atoms with van der Waals surface area (Å²) in [6.07, 6.45) is 5.20.